The predicted octanol–water partition coefficient (Wildman–Crippen LogP) is 4.43. The van der Waals surface area contributed by atoms with E-state index < -0.39 is 17.5 Å². The Balaban J connectivity index is 1.54. The van der Waals surface area contributed by atoms with E-state index in [1.54, 1.807) is 24.3 Å². The zero-order valence-corrected chi connectivity index (χ0v) is 20.3. The van der Waals surface area contributed by atoms with Gasteiger partial charge in [0.1, 0.15) is 28.9 Å². The van der Waals surface area contributed by atoms with Gasteiger partial charge in [-0.1, -0.05) is 6.07 Å². The molecule has 2 aromatic rings. The van der Waals surface area contributed by atoms with Crippen LogP contribution in [0.1, 0.15) is 62.5 Å². The Bertz CT molecular complexity index is 1170. The average Bonchev–Trinajstić information content (AvgIpc) is 3.06. The fourth-order valence-electron chi connectivity index (χ4n) is 4.88. The number of nitrogens with zero attached hydrogens (tertiary/aromatic N) is 3. The quantitative estimate of drug-likeness (QED) is 0.694. The molecule has 0 radical (unpaired) electrons. The zero-order chi connectivity index (χ0) is 25.3. The maximum atomic E-state index is 14.2. The van der Waals surface area contributed by atoms with E-state index in [2.05, 4.69) is 10.3 Å². The van der Waals surface area contributed by atoms with Crippen molar-refractivity contribution in [1.29, 1.82) is 5.26 Å². The number of nitrogens with one attached hydrogen (secondary N) is 1. The number of ether oxygens (including phenoxy) is 2. The summed E-state index contributed by atoms with van der Waals surface area (Å²) in [6, 6.07) is 9.10. The molecule has 35 heavy (non-hydrogen) atoms. The Morgan fingerprint density at radius 3 is 2.43 bits per heavy atom. The minimum absolute atomic E-state index is 0.0232. The number of piperidine rings is 1. The van der Waals surface area contributed by atoms with Gasteiger partial charge in [0.15, 0.2) is 0 Å². The Morgan fingerprint density at radius 1 is 1.17 bits per heavy atom. The molecule has 184 valence electrons. The number of pyridine rings is 1. The van der Waals surface area contributed by atoms with Gasteiger partial charge >= 0.3 is 6.09 Å². The van der Waals surface area contributed by atoms with Crippen LogP contribution in [0.2, 0.25) is 0 Å². The molecule has 2 saturated heterocycles. The molecule has 8 nitrogen and oxygen atoms in total. The lowest BCUT2D eigenvalue weighted by atomic mass is 9.97. The average molecular weight is 481 g/mol. The summed E-state index contributed by atoms with van der Waals surface area (Å²) < 4.78 is 25.0. The first-order valence-corrected chi connectivity index (χ1v) is 11.7. The van der Waals surface area contributed by atoms with E-state index in [4.69, 9.17) is 14.7 Å². The summed E-state index contributed by atoms with van der Waals surface area (Å²) in [5, 5.41) is 11.9. The molecular formula is C26H29FN4O4. The lowest BCUT2D eigenvalue weighted by Crippen LogP contribution is -2.53. The topological polar surface area (TPSA) is 105 Å². The number of methoxy groups -OCH3 is 1. The molecule has 0 saturated carbocycles. The van der Waals surface area contributed by atoms with E-state index in [1.165, 1.54) is 19.2 Å². The van der Waals surface area contributed by atoms with E-state index in [9.17, 15) is 14.0 Å². The maximum absolute atomic E-state index is 14.2. The molecule has 3 heterocycles. The van der Waals surface area contributed by atoms with Crippen molar-refractivity contribution in [2.24, 2.45) is 0 Å². The number of halogens is 1. The van der Waals surface area contributed by atoms with Gasteiger partial charge in [0.05, 0.1) is 18.4 Å². The molecule has 2 unspecified atom stereocenters. The second kappa shape index (κ2) is 9.53. The van der Waals surface area contributed by atoms with Crippen molar-refractivity contribution in [1.82, 2.24) is 15.2 Å². The number of aromatic nitrogens is 1. The molecule has 0 aliphatic carbocycles. The van der Waals surface area contributed by atoms with Crippen molar-refractivity contribution in [3.63, 3.8) is 0 Å². The molecule has 4 rings (SSSR count). The fourth-order valence-corrected chi connectivity index (χ4v) is 4.88. The third-order valence-corrected chi connectivity index (χ3v) is 6.33. The monoisotopic (exact) mass is 480 g/mol. The molecule has 2 aliphatic rings. The first-order chi connectivity index (χ1) is 16.6. The highest BCUT2D eigenvalue weighted by Crippen LogP contribution is 2.37. The van der Waals surface area contributed by atoms with E-state index >= 15 is 0 Å². The number of carbonyl (C=O) groups excluding carboxylic acids is 2. The molecule has 1 aromatic heterocycles. The zero-order valence-electron chi connectivity index (χ0n) is 20.3. The Kier molecular flexibility index (Phi) is 6.66. The maximum Gasteiger partial charge on any atom is 0.407 e. The number of alkyl carbamates (subject to hydrolysis) is 1. The van der Waals surface area contributed by atoms with Crippen molar-refractivity contribution in [2.75, 3.05) is 7.11 Å². The van der Waals surface area contributed by atoms with Crippen molar-refractivity contribution >= 4 is 12.0 Å². The summed E-state index contributed by atoms with van der Waals surface area (Å²) in [6.45, 7) is 5.46. The Hall–Kier alpha value is -3.67. The van der Waals surface area contributed by atoms with Crippen LogP contribution in [-0.2, 0) is 4.74 Å². The van der Waals surface area contributed by atoms with Gasteiger partial charge < -0.3 is 19.7 Å². The van der Waals surface area contributed by atoms with Crippen LogP contribution in [0.4, 0.5) is 9.18 Å². The summed E-state index contributed by atoms with van der Waals surface area (Å²) in [5.74, 6) is -0.445. The van der Waals surface area contributed by atoms with E-state index in [0.29, 0.717) is 29.8 Å². The molecule has 0 spiro atoms. The smallest absolute Gasteiger partial charge is 0.407 e. The summed E-state index contributed by atoms with van der Waals surface area (Å²) in [6.07, 6.45) is 2.52. The summed E-state index contributed by atoms with van der Waals surface area (Å²) in [7, 11) is 1.49. The van der Waals surface area contributed by atoms with Gasteiger partial charge in [-0.25, -0.2) is 14.2 Å². The first kappa shape index (κ1) is 24.5. The summed E-state index contributed by atoms with van der Waals surface area (Å²) in [5.41, 5.74) is 0.391. The predicted molar refractivity (Wildman–Crippen MR) is 126 cm³/mol. The van der Waals surface area contributed by atoms with Crippen molar-refractivity contribution < 1.29 is 23.5 Å². The van der Waals surface area contributed by atoms with Gasteiger partial charge in [-0.2, -0.15) is 5.26 Å². The summed E-state index contributed by atoms with van der Waals surface area (Å²) >= 11 is 0. The number of benzene rings is 1. The number of hydrogen-bond donors (Lipinski definition) is 1. The molecule has 2 bridgehead atoms. The standard InChI is InChI=1S/C26H29FN4O4/c1-26(2,3)35-25(33)29-17-10-18-7-8-19(11-17)31(18)24(32)23-13-20(34-4)12-22(30-23)15-5-6-16(14-28)21(27)9-15/h5-6,9,12-13,17-19H,7-8,10-11H2,1-4H3,(H,29,33). The molecular weight excluding hydrogens is 451 g/mol. The Morgan fingerprint density at radius 2 is 1.86 bits per heavy atom. The third kappa shape index (κ3) is 5.37. The first-order valence-electron chi connectivity index (χ1n) is 11.7. The molecule has 1 aromatic carbocycles. The van der Waals surface area contributed by atoms with Gasteiger partial charge in [-0.15, -0.1) is 0 Å². The number of rotatable bonds is 4. The normalized spacial score (nSPS) is 21.3. The highest BCUT2D eigenvalue weighted by molar-refractivity contribution is 5.94. The Labute approximate surface area is 204 Å². The minimum atomic E-state index is -0.653. The SMILES string of the molecule is COc1cc(C(=O)N2C3CCC2CC(NC(=O)OC(C)(C)C)C3)nc(-c2ccc(C#N)c(F)c2)c1. The van der Waals surface area contributed by atoms with Crippen molar-refractivity contribution in [3.8, 4) is 23.1 Å². The molecule has 1 N–H and O–H groups in total. The molecule has 2 amide bonds. The second-order valence-electron chi connectivity index (χ2n) is 10.00. The second-order valence-corrected chi connectivity index (χ2v) is 10.00. The highest BCUT2D eigenvalue weighted by atomic mass is 19.1. The van der Waals surface area contributed by atoms with Gasteiger partial charge in [0, 0.05) is 35.8 Å². The number of nitriles is 1. The van der Waals surface area contributed by atoms with Crippen LogP contribution in [-0.4, -0.2) is 52.7 Å². The summed E-state index contributed by atoms with van der Waals surface area (Å²) in [4.78, 5) is 32.2. The van der Waals surface area contributed by atoms with Crippen LogP contribution in [0.25, 0.3) is 11.3 Å². The minimum Gasteiger partial charge on any atom is -0.497 e. The third-order valence-electron chi connectivity index (χ3n) is 6.33. The van der Waals surface area contributed by atoms with Crippen LogP contribution in [0.5, 0.6) is 5.75 Å². The molecule has 2 fully saturated rings. The van der Waals surface area contributed by atoms with Gasteiger partial charge in [0.2, 0.25) is 0 Å². The fraction of sp³-hybridized carbons (Fsp3) is 0.462. The van der Waals surface area contributed by atoms with E-state index in [-0.39, 0.29) is 35.3 Å². The van der Waals surface area contributed by atoms with Crippen LogP contribution in [0.3, 0.4) is 0 Å². The number of fused-ring (bicyclic) bond motifs is 2. The van der Waals surface area contributed by atoms with Crippen molar-refractivity contribution in [3.05, 3.63) is 47.4 Å². The van der Waals surface area contributed by atoms with Crippen LogP contribution < -0.4 is 10.1 Å². The lowest BCUT2D eigenvalue weighted by Gasteiger charge is -2.39. The van der Waals surface area contributed by atoms with E-state index in [1.807, 2.05) is 25.7 Å². The van der Waals surface area contributed by atoms with Gasteiger partial charge in [-0.3, -0.25) is 4.79 Å². The number of amides is 2. The lowest BCUT2D eigenvalue weighted by molar-refractivity contribution is 0.0416. The van der Waals surface area contributed by atoms with Gasteiger partial charge in [0.25, 0.3) is 5.91 Å². The largest absolute Gasteiger partial charge is 0.497 e. The molecule has 2 atom stereocenters. The molecule has 2 aliphatic heterocycles. The van der Waals surface area contributed by atoms with Crippen molar-refractivity contribution in [2.45, 2.75) is 70.2 Å². The van der Waals surface area contributed by atoms with Gasteiger partial charge in [-0.05, 0) is 58.6 Å². The van der Waals surface area contributed by atoms with Crippen LogP contribution >= 0.6 is 0 Å². The number of hydrogen-bond acceptors (Lipinski definition) is 6. The van der Waals surface area contributed by atoms with Crippen LogP contribution in [0.15, 0.2) is 30.3 Å². The number of carbonyl (C=O) groups is 2. The van der Waals surface area contributed by atoms with Crippen LogP contribution in [0, 0.1) is 17.1 Å². The highest BCUT2D eigenvalue weighted by Gasteiger charge is 2.44. The molecule has 9 heteroatoms. The van der Waals surface area contributed by atoms with E-state index in [0.717, 1.165) is 12.8 Å².